The van der Waals surface area contributed by atoms with Gasteiger partial charge in [0.05, 0.1) is 11.7 Å². The number of rotatable bonds is 2. The van der Waals surface area contributed by atoms with E-state index in [0.29, 0.717) is 5.91 Å². The Morgan fingerprint density at radius 2 is 2.06 bits per heavy atom. The normalized spacial score (nSPS) is 24.3. The first-order chi connectivity index (χ1) is 8.68. The molecule has 1 aromatic rings. The molecule has 2 aliphatic rings. The van der Waals surface area contributed by atoms with Gasteiger partial charge in [-0.3, -0.25) is 4.79 Å². The van der Waals surface area contributed by atoms with E-state index in [-0.39, 0.29) is 12.0 Å². The van der Waals surface area contributed by atoms with Crippen molar-refractivity contribution in [2.75, 3.05) is 6.54 Å². The van der Waals surface area contributed by atoms with E-state index in [0.717, 1.165) is 49.2 Å². The lowest BCUT2D eigenvalue weighted by molar-refractivity contribution is -0.139. The highest BCUT2D eigenvalue weighted by Crippen LogP contribution is 2.39. The number of hydrogen-bond donors (Lipinski definition) is 0. The molecule has 1 amide bonds. The van der Waals surface area contributed by atoms with Crippen LogP contribution in [0.25, 0.3) is 0 Å². The molecule has 0 aromatic carbocycles. The maximum Gasteiger partial charge on any atom is 0.226 e. The van der Waals surface area contributed by atoms with Crippen LogP contribution in [0.15, 0.2) is 4.52 Å². The molecule has 1 aliphatic carbocycles. The topological polar surface area (TPSA) is 46.3 Å². The third kappa shape index (κ3) is 1.74. The largest absolute Gasteiger partial charge is 0.361 e. The van der Waals surface area contributed by atoms with Gasteiger partial charge in [-0.25, -0.2) is 0 Å². The second-order valence-electron chi connectivity index (χ2n) is 5.56. The number of carbonyl (C=O) groups excluding carboxylic acids is 1. The molecular formula is C14H20N2O2. The number of carbonyl (C=O) groups is 1. The molecule has 0 spiro atoms. The fourth-order valence-corrected chi connectivity index (χ4v) is 3.19. The molecule has 0 radical (unpaired) electrons. The molecule has 2 heterocycles. The molecule has 1 saturated heterocycles. The van der Waals surface area contributed by atoms with Gasteiger partial charge in [0.1, 0.15) is 5.76 Å². The molecule has 2 fully saturated rings. The first-order valence-electron chi connectivity index (χ1n) is 6.91. The average molecular weight is 248 g/mol. The SMILES string of the molecule is Cc1noc(C)c1C1CCCN1C(=O)C1CCC1. The Hall–Kier alpha value is -1.32. The van der Waals surface area contributed by atoms with E-state index in [1.54, 1.807) is 0 Å². The summed E-state index contributed by atoms with van der Waals surface area (Å²) in [5.41, 5.74) is 2.07. The number of aryl methyl sites for hydroxylation is 2. The molecule has 3 rings (SSSR count). The van der Waals surface area contributed by atoms with E-state index in [2.05, 4.69) is 10.1 Å². The molecule has 98 valence electrons. The van der Waals surface area contributed by atoms with Crippen molar-refractivity contribution in [3.05, 3.63) is 17.0 Å². The van der Waals surface area contributed by atoms with Crippen molar-refractivity contribution < 1.29 is 9.32 Å². The maximum absolute atomic E-state index is 12.4. The van der Waals surface area contributed by atoms with Crippen LogP contribution >= 0.6 is 0 Å². The summed E-state index contributed by atoms with van der Waals surface area (Å²) in [6.07, 6.45) is 5.49. The van der Waals surface area contributed by atoms with E-state index in [1.807, 2.05) is 13.8 Å². The zero-order valence-electron chi connectivity index (χ0n) is 11.1. The number of aromatic nitrogens is 1. The van der Waals surface area contributed by atoms with E-state index in [9.17, 15) is 4.79 Å². The molecule has 1 aliphatic heterocycles. The Kier molecular flexibility index (Phi) is 2.88. The summed E-state index contributed by atoms with van der Waals surface area (Å²) in [5, 5.41) is 4.02. The minimum absolute atomic E-state index is 0.198. The highest BCUT2D eigenvalue weighted by atomic mass is 16.5. The zero-order valence-corrected chi connectivity index (χ0v) is 11.1. The number of hydrogen-bond acceptors (Lipinski definition) is 3. The quantitative estimate of drug-likeness (QED) is 0.808. The van der Waals surface area contributed by atoms with Crippen LogP contribution in [0.5, 0.6) is 0 Å². The molecule has 0 N–H and O–H groups in total. The summed E-state index contributed by atoms with van der Waals surface area (Å²) in [5.74, 6) is 1.50. The lowest BCUT2D eigenvalue weighted by Crippen LogP contribution is -2.38. The first-order valence-corrected chi connectivity index (χ1v) is 6.91. The monoisotopic (exact) mass is 248 g/mol. The third-order valence-electron chi connectivity index (χ3n) is 4.41. The van der Waals surface area contributed by atoms with Crippen LogP contribution in [0.2, 0.25) is 0 Å². The average Bonchev–Trinajstić information content (AvgIpc) is 2.83. The molecule has 1 atom stereocenters. The summed E-state index contributed by atoms with van der Waals surface area (Å²) in [4.78, 5) is 14.5. The summed E-state index contributed by atoms with van der Waals surface area (Å²) in [7, 11) is 0. The van der Waals surface area contributed by atoms with Gasteiger partial charge in [0.2, 0.25) is 5.91 Å². The minimum atomic E-state index is 0.198. The van der Waals surface area contributed by atoms with Crippen molar-refractivity contribution >= 4 is 5.91 Å². The molecule has 1 saturated carbocycles. The van der Waals surface area contributed by atoms with E-state index < -0.39 is 0 Å². The van der Waals surface area contributed by atoms with Crippen molar-refractivity contribution in [2.24, 2.45) is 5.92 Å². The van der Waals surface area contributed by atoms with E-state index in [4.69, 9.17) is 4.52 Å². The van der Waals surface area contributed by atoms with Gasteiger partial charge >= 0.3 is 0 Å². The van der Waals surface area contributed by atoms with Crippen LogP contribution in [0.4, 0.5) is 0 Å². The second kappa shape index (κ2) is 4.41. The van der Waals surface area contributed by atoms with Crippen LogP contribution in [0.3, 0.4) is 0 Å². The van der Waals surface area contributed by atoms with Crippen molar-refractivity contribution in [1.29, 1.82) is 0 Å². The van der Waals surface area contributed by atoms with Gasteiger partial charge in [-0.05, 0) is 39.5 Å². The molecule has 4 nitrogen and oxygen atoms in total. The molecule has 1 aromatic heterocycles. The predicted octanol–water partition coefficient (Wildman–Crippen LogP) is 2.76. The lowest BCUT2D eigenvalue weighted by atomic mass is 9.84. The zero-order chi connectivity index (χ0) is 12.7. The third-order valence-corrected chi connectivity index (χ3v) is 4.41. The second-order valence-corrected chi connectivity index (χ2v) is 5.56. The first kappa shape index (κ1) is 11.8. The van der Waals surface area contributed by atoms with Gasteiger partial charge in [0.25, 0.3) is 0 Å². The van der Waals surface area contributed by atoms with Crippen LogP contribution in [-0.2, 0) is 4.79 Å². The van der Waals surface area contributed by atoms with Gasteiger partial charge in [-0.2, -0.15) is 0 Å². The fourth-order valence-electron chi connectivity index (χ4n) is 3.19. The minimum Gasteiger partial charge on any atom is -0.361 e. The standard InChI is InChI=1S/C14H20N2O2/c1-9-13(10(2)18-15-9)12-7-4-8-16(12)14(17)11-5-3-6-11/h11-12H,3-8H2,1-2H3. The summed E-state index contributed by atoms with van der Waals surface area (Å²) in [6.45, 7) is 4.81. The van der Waals surface area contributed by atoms with Gasteiger partial charge in [-0.15, -0.1) is 0 Å². The molecule has 0 bridgehead atoms. The Morgan fingerprint density at radius 3 is 2.61 bits per heavy atom. The molecule has 4 heteroatoms. The van der Waals surface area contributed by atoms with Crippen molar-refractivity contribution in [3.8, 4) is 0 Å². The summed E-state index contributed by atoms with van der Waals surface area (Å²) >= 11 is 0. The van der Waals surface area contributed by atoms with E-state index in [1.165, 1.54) is 6.42 Å². The van der Waals surface area contributed by atoms with Crippen molar-refractivity contribution in [3.63, 3.8) is 0 Å². The van der Waals surface area contributed by atoms with Crippen LogP contribution in [0, 0.1) is 19.8 Å². The van der Waals surface area contributed by atoms with Gasteiger partial charge in [0.15, 0.2) is 0 Å². The fraction of sp³-hybridized carbons (Fsp3) is 0.714. The Labute approximate surface area is 107 Å². The van der Waals surface area contributed by atoms with E-state index >= 15 is 0 Å². The summed E-state index contributed by atoms with van der Waals surface area (Å²) in [6, 6.07) is 0.198. The van der Waals surface area contributed by atoms with Crippen LogP contribution < -0.4 is 0 Å². The Bertz CT molecular complexity index is 443. The lowest BCUT2D eigenvalue weighted by Gasteiger charge is -2.32. The maximum atomic E-state index is 12.4. The van der Waals surface area contributed by atoms with Crippen LogP contribution in [-0.4, -0.2) is 22.5 Å². The predicted molar refractivity (Wildman–Crippen MR) is 67.0 cm³/mol. The van der Waals surface area contributed by atoms with Crippen molar-refractivity contribution in [2.45, 2.75) is 52.0 Å². The highest BCUT2D eigenvalue weighted by Gasteiger charge is 2.38. The van der Waals surface area contributed by atoms with Gasteiger partial charge in [-0.1, -0.05) is 11.6 Å². The Balaban J connectivity index is 1.84. The molecule has 18 heavy (non-hydrogen) atoms. The van der Waals surface area contributed by atoms with Gasteiger partial charge in [0, 0.05) is 18.0 Å². The number of amides is 1. The Morgan fingerprint density at radius 1 is 1.28 bits per heavy atom. The van der Waals surface area contributed by atoms with Crippen LogP contribution in [0.1, 0.15) is 55.2 Å². The summed E-state index contributed by atoms with van der Waals surface area (Å²) < 4.78 is 5.25. The van der Waals surface area contributed by atoms with Crippen molar-refractivity contribution in [1.82, 2.24) is 10.1 Å². The smallest absolute Gasteiger partial charge is 0.226 e. The molecule has 1 unspecified atom stereocenters. The number of nitrogens with zero attached hydrogens (tertiary/aromatic N) is 2. The van der Waals surface area contributed by atoms with Gasteiger partial charge < -0.3 is 9.42 Å². The number of likely N-dealkylation sites (tertiary alicyclic amines) is 1. The highest BCUT2D eigenvalue weighted by molar-refractivity contribution is 5.80. The molecular weight excluding hydrogens is 228 g/mol.